The quantitative estimate of drug-likeness (QED) is 0.302. The molecule has 0 saturated carbocycles. The Kier molecular flexibility index (Phi) is 6.84. The smallest absolute Gasteiger partial charge is 0.308 e. The topological polar surface area (TPSA) is 66.8 Å². The van der Waals surface area contributed by atoms with E-state index in [4.69, 9.17) is 4.74 Å². The van der Waals surface area contributed by atoms with Gasteiger partial charge in [0.05, 0.1) is 18.6 Å². The van der Waals surface area contributed by atoms with Gasteiger partial charge in [0.15, 0.2) is 0 Å². The number of nitrogens with zero attached hydrogens (tertiary/aromatic N) is 1. The maximum Gasteiger partial charge on any atom is 0.308 e. The average molecular weight is 463 g/mol. The molecule has 4 rings (SSSR count). The van der Waals surface area contributed by atoms with Gasteiger partial charge < -0.3 is 14.7 Å². The van der Waals surface area contributed by atoms with Crippen LogP contribution in [0, 0.1) is 17.6 Å². The van der Waals surface area contributed by atoms with Gasteiger partial charge >= 0.3 is 5.97 Å². The van der Waals surface area contributed by atoms with Gasteiger partial charge in [0.25, 0.3) is 0 Å². The molecule has 3 aromatic carbocycles. The lowest BCUT2D eigenvalue weighted by molar-refractivity contribution is -0.132. The summed E-state index contributed by atoms with van der Waals surface area (Å²) < 4.78 is 31.8. The first-order valence-electron chi connectivity index (χ1n) is 10.8. The van der Waals surface area contributed by atoms with Gasteiger partial charge in [0, 0.05) is 12.6 Å². The van der Waals surface area contributed by atoms with Crippen LogP contribution in [-0.4, -0.2) is 23.6 Å². The van der Waals surface area contributed by atoms with Crippen LogP contribution in [0.25, 0.3) is 5.57 Å². The van der Waals surface area contributed by atoms with Crippen LogP contribution in [0.2, 0.25) is 0 Å². The number of ether oxygens (including phenoxy) is 1. The van der Waals surface area contributed by atoms with E-state index in [0.29, 0.717) is 29.0 Å². The molecule has 5 nitrogen and oxygen atoms in total. The van der Waals surface area contributed by atoms with Crippen LogP contribution in [-0.2, 0) is 9.59 Å². The molecule has 0 aliphatic carbocycles. The van der Waals surface area contributed by atoms with Crippen molar-refractivity contribution >= 4 is 23.1 Å². The van der Waals surface area contributed by atoms with Crippen LogP contribution in [0.1, 0.15) is 30.5 Å². The van der Waals surface area contributed by atoms with Crippen molar-refractivity contribution in [1.82, 2.24) is 0 Å². The lowest BCUT2D eigenvalue weighted by atomic mass is 9.79. The maximum absolute atomic E-state index is 13.4. The number of β-lactam (4-membered cyclic amide) rings is 1. The van der Waals surface area contributed by atoms with Crippen molar-refractivity contribution < 1.29 is 28.2 Å². The van der Waals surface area contributed by atoms with Crippen molar-refractivity contribution in [2.24, 2.45) is 5.92 Å². The summed E-state index contributed by atoms with van der Waals surface area (Å²) in [6, 6.07) is 18.1. The van der Waals surface area contributed by atoms with E-state index in [1.54, 1.807) is 59.5 Å². The molecule has 0 unspecified atom stereocenters. The van der Waals surface area contributed by atoms with E-state index in [9.17, 15) is 23.5 Å². The predicted octanol–water partition coefficient (Wildman–Crippen LogP) is 5.06. The Morgan fingerprint density at radius 1 is 0.971 bits per heavy atom. The maximum atomic E-state index is 13.4. The van der Waals surface area contributed by atoms with E-state index in [-0.39, 0.29) is 24.4 Å². The van der Waals surface area contributed by atoms with Crippen LogP contribution in [0.4, 0.5) is 14.5 Å². The van der Waals surface area contributed by atoms with Crippen LogP contribution in [0.3, 0.4) is 0 Å². The number of carbonyl (C=O) groups excluding carboxylic acids is 2. The first kappa shape index (κ1) is 23.3. The number of anilines is 1. The Morgan fingerprint density at radius 2 is 1.56 bits per heavy atom. The van der Waals surface area contributed by atoms with Crippen molar-refractivity contribution in [3.8, 4) is 5.75 Å². The summed E-state index contributed by atoms with van der Waals surface area (Å²) in [5.74, 6) is -1.36. The molecule has 1 fully saturated rings. The molecule has 1 saturated heterocycles. The highest BCUT2D eigenvalue weighted by Crippen LogP contribution is 2.45. The van der Waals surface area contributed by atoms with Gasteiger partial charge in [-0.15, -0.1) is 0 Å². The predicted molar refractivity (Wildman–Crippen MR) is 124 cm³/mol. The molecule has 3 aromatic rings. The Balaban J connectivity index is 1.63. The highest BCUT2D eigenvalue weighted by atomic mass is 19.1. The number of carbonyl (C=O) groups is 2. The van der Waals surface area contributed by atoms with E-state index in [0.717, 1.165) is 5.56 Å². The molecular formula is C27H23F2NO4. The van der Waals surface area contributed by atoms with E-state index in [1.165, 1.54) is 31.2 Å². The van der Waals surface area contributed by atoms with Crippen LogP contribution >= 0.6 is 0 Å². The minimum atomic E-state index is -0.431. The Morgan fingerprint density at radius 3 is 2.12 bits per heavy atom. The third kappa shape index (κ3) is 4.89. The van der Waals surface area contributed by atoms with E-state index in [1.807, 2.05) is 0 Å². The summed E-state index contributed by atoms with van der Waals surface area (Å²) in [6.07, 6.45) is 2.14. The molecule has 1 aliphatic heterocycles. The molecule has 1 heterocycles. The molecule has 7 heteroatoms. The fourth-order valence-corrected chi connectivity index (χ4v) is 4.16. The van der Waals surface area contributed by atoms with Crippen molar-refractivity contribution in [2.75, 3.05) is 11.5 Å². The first-order valence-corrected chi connectivity index (χ1v) is 10.8. The van der Waals surface area contributed by atoms with Gasteiger partial charge in [0.1, 0.15) is 17.4 Å². The number of amides is 1. The number of hydrogen-bond acceptors (Lipinski definition) is 4. The van der Waals surface area contributed by atoms with Gasteiger partial charge in [-0.25, -0.2) is 8.78 Å². The second kappa shape index (κ2) is 9.97. The minimum Gasteiger partial charge on any atom is -0.427 e. The Bertz CT molecular complexity index is 1200. The number of rotatable bonds is 7. The molecule has 0 bridgehead atoms. The number of halogens is 2. The highest BCUT2D eigenvalue weighted by Gasteiger charge is 2.48. The van der Waals surface area contributed by atoms with Crippen molar-refractivity contribution in [2.45, 2.75) is 19.4 Å². The van der Waals surface area contributed by atoms with Crippen molar-refractivity contribution in [3.05, 3.63) is 102 Å². The standard InChI is InChI=1S/C27H23F2NO4/c1-17(32)34-24-13-4-19(5-14-24)26-25(27(33)30(26)23-11-9-22(29)10-12-23)15-6-20(16-31)18-2-7-21(28)8-3-18/h2-14,25-26,31H,15-16H2,1H3/t25-,26-/m1/s1. The van der Waals surface area contributed by atoms with Gasteiger partial charge in [-0.3, -0.25) is 9.59 Å². The zero-order chi connectivity index (χ0) is 24.2. The molecule has 0 spiro atoms. The van der Waals surface area contributed by atoms with Crippen LogP contribution in [0.5, 0.6) is 5.75 Å². The summed E-state index contributed by atoms with van der Waals surface area (Å²) in [5.41, 5.74) is 2.66. The summed E-state index contributed by atoms with van der Waals surface area (Å²) >= 11 is 0. The monoisotopic (exact) mass is 463 g/mol. The zero-order valence-corrected chi connectivity index (χ0v) is 18.4. The molecule has 1 N–H and O–H groups in total. The van der Waals surface area contributed by atoms with Gasteiger partial charge in [-0.1, -0.05) is 30.3 Å². The number of hydrogen-bond donors (Lipinski definition) is 1. The van der Waals surface area contributed by atoms with Crippen molar-refractivity contribution in [1.29, 1.82) is 0 Å². The normalized spacial score (nSPS) is 17.9. The molecule has 2 atom stereocenters. The van der Waals surface area contributed by atoms with Gasteiger partial charge in [-0.05, 0) is 71.7 Å². The number of aliphatic hydroxyl groups excluding tert-OH is 1. The summed E-state index contributed by atoms with van der Waals surface area (Å²) in [6.45, 7) is 1.06. The third-order valence-corrected chi connectivity index (χ3v) is 5.81. The van der Waals surface area contributed by atoms with E-state index < -0.39 is 17.7 Å². The number of benzene rings is 3. The molecule has 0 aromatic heterocycles. The molecule has 34 heavy (non-hydrogen) atoms. The average Bonchev–Trinajstić information content (AvgIpc) is 2.82. The molecule has 0 radical (unpaired) electrons. The zero-order valence-electron chi connectivity index (χ0n) is 18.4. The van der Waals surface area contributed by atoms with Crippen LogP contribution in [0.15, 0.2) is 78.9 Å². The molecule has 174 valence electrons. The Labute approximate surface area is 195 Å². The minimum absolute atomic E-state index is 0.131. The van der Waals surface area contributed by atoms with E-state index >= 15 is 0 Å². The van der Waals surface area contributed by atoms with Crippen molar-refractivity contribution in [3.63, 3.8) is 0 Å². The van der Waals surface area contributed by atoms with E-state index in [2.05, 4.69) is 0 Å². The fourth-order valence-electron chi connectivity index (χ4n) is 4.16. The van der Waals surface area contributed by atoms with Crippen LogP contribution < -0.4 is 9.64 Å². The second-order valence-corrected chi connectivity index (χ2v) is 8.03. The fraction of sp³-hybridized carbons (Fsp3) is 0.185. The number of allylic oxidation sites excluding steroid dienone is 1. The first-order chi connectivity index (χ1) is 16.4. The third-order valence-electron chi connectivity index (χ3n) is 5.81. The summed E-state index contributed by atoms with van der Waals surface area (Å²) in [7, 11) is 0. The number of aliphatic hydroxyl groups is 1. The largest absolute Gasteiger partial charge is 0.427 e. The molecular weight excluding hydrogens is 440 g/mol. The lowest BCUT2D eigenvalue weighted by Crippen LogP contribution is -2.55. The van der Waals surface area contributed by atoms with Gasteiger partial charge in [0.2, 0.25) is 5.91 Å². The SMILES string of the molecule is CC(=O)Oc1ccc([C@@H]2[C@@H](CC=C(CO)c3ccc(F)cc3)C(=O)N2c2ccc(F)cc2)cc1. The lowest BCUT2D eigenvalue weighted by Gasteiger charge is -2.47. The summed E-state index contributed by atoms with van der Waals surface area (Å²) in [5, 5.41) is 9.83. The Hall–Kier alpha value is -3.84. The second-order valence-electron chi connectivity index (χ2n) is 8.03. The van der Waals surface area contributed by atoms with Gasteiger partial charge in [-0.2, -0.15) is 0 Å². The highest BCUT2D eigenvalue weighted by molar-refractivity contribution is 6.03. The summed E-state index contributed by atoms with van der Waals surface area (Å²) in [4.78, 5) is 26.0. The molecule has 1 amide bonds. The number of esters is 1. The molecule has 1 aliphatic rings.